The summed E-state index contributed by atoms with van der Waals surface area (Å²) in [7, 11) is 0. The van der Waals surface area contributed by atoms with Crippen LogP contribution in [0.5, 0.6) is 0 Å². The van der Waals surface area contributed by atoms with E-state index in [1.807, 2.05) is 35.2 Å². The molecule has 23 heavy (non-hydrogen) atoms. The standard InChI is InChI=1S/C18H20N2O3/c21-18(14-7-10-22-11-8-14)20-9-6-16-15(12-20)19-17(23-16)13-4-2-1-3-5-13/h1-5,14H,6-12H2. The quantitative estimate of drug-likeness (QED) is 0.855. The number of hydrogen-bond donors (Lipinski definition) is 0. The summed E-state index contributed by atoms with van der Waals surface area (Å²) < 4.78 is 11.2. The van der Waals surface area contributed by atoms with E-state index in [9.17, 15) is 4.79 Å². The average molecular weight is 312 g/mol. The third-order valence-corrected chi connectivity index (χ3v) is 4.63. The smallest absolute Gasteiger partial charge is 0.226 e. The van der Waals surface area contributed by atoms with Crippen LogP contribution in [0.1, 0.15) is 24.3 Å². The molecule has 3 heterocycles. The van der Waals surface area contributed by atoms with Gasteiger partial charge in [-0.3, -0.25) is 4.79 Å². The number of amides is 1. The summed E-state index contributed by atoms with van der Waals surface area (Å²) in [5.74, 6) is 1.91. The van der Waals surface area contributed by atoms with Crippen molar-refractivity contribution in [3.8, 4) is 11.5 Å². The highest BCUT2D eigenvalue weighted by Gasteiger charge is 2.30. The molecule has 1 aromatic heterocycles. The maximum absolute atomic E-state index is 12.7. The molecule has 5 nitrogen and oxygen atoms in total. The van der Waals surface area contributed by atoms with Gasteiger partial charge in [-0.15, -0.1) is 0 Å². The molecule has 0 radical (unpaired) electrons. The van der Waals surface area contributed by atoms with E-state index in [0.29, 0.717) is 32.2 Å². The van der Waals surface area contributed by atoms with Gasteiger partial charge in [-0.1, -0.05) is 18.2 Å². The number of aromatic nitrogens is 1. The molecule has 120 valence electrons. The van der Waals surface area contributed by atoms with E-state index >= 15 is 0 Å². The molecule has 0 unspecified atom stereocenters. The van der Waals surface area contributed by atoms with Gasteiger partial charge in [0.05, 0.1) is 6.54 Å². The Labute approximate surface area is 135 Å². The number of ether oxygens (including phenoxy) is 1. The SMILES string of the molecule is O=C(C1CCOCC1)N1CCc2oc(-c3ccccc3)nc2C1. The first-order valence-corrected chi connectivity index (χ1v) is 8.22. The van der Waals surface area contributed by atoms with E-state index in [-0.39, 0.29) is 11.8 Å². The van der Waals surface area contributed by atoms with E-state index in [0.717, 1.165) is 36.3 Å². The number of carbonyl (C=O) groups excluding carboxylic acids is 1. The lowest BCUT2D eigenvalue weighted by Gasteiger charge is -2.30. The highest BCUT2D eigenvalue weighted by Crippen LogP contribution is 2.27. The fraction of sp³-hybridized carbons (Fsp3) is 0.444. The molecule has 0 aliphatic carbocycles. The van der Waals surface area contributed by atoms with Gasteiger partial charge in [-0.25, -0.2) is 4.98 Å². The first kappa shape index (κ1) is 14.5. The number of benzene rings is 1. The first-order chi connectivity index (χ1) is 11.3. The molecular formula is C18H20N2O3. The summed E-state index contributed by atoms with van der Waals surface area (Å²) in [4.78, 5) is 19.2. The Balaban J connectivity index is 1.51. The van der Waals surface area contributed by atoms with Crippen molar-refractivity contribution in [2.75, 3.05) is 19.8 Å². The van der Waals surface area contributed by atoms with Crippen molar-refractivity contribution >= 4 is 5.91 Å². The van der Waals surface area contributed by atoms with Crippen molar-refractivity contribution in [3.63, 3.8) is 0 Å². The largest absolute Gasteiger partial charge is 0.441 e. The lowest BCUT2D eigenvalue weighted by molar-refractivity contribution is -0.139. The lowest BCUT2D eigenvalue weighted by Crippen LogP contribution is -2.41. The Hall–Kier alpha value is -2.14. The second kappa shape index (κ2) is 6.16. The summed E-state index contributed by atoms with van der Waals surface area (Å²) in [5.41, 5.74) is 1.87. The van der Waals surface area contributed by atoms with E-state index < -0.39 is 0 Å². The molecule has 0 N–H and O–H groups in total. The van der Waals surface area contributed by atoms with Gasteiger partial charge in [0.15, 0.2) is 0 Å². The Morgan fingerprint density at radius 3 is 2.74 bits per heavy atom. The monoisotopic (exact) mass is 312 g/mol. The van der Waals surface area contributed by atoms with Crippen LogP contribution in [-0.2, 0) is 22.5 Å². The molecule has 1 saturated heterocycles. The lowest BCUT2D eigenvalue weighted by atomic mass is 9.97. The van der Waals surface area contributed by atoms with E-state index in [2.05, 4.69) is 4.98 Å². The van der Waals surface area contributed by atoms with E-state index in [4.69, 9.17) is 9.15 Å². The second-order valence-electron chi connectivity index (χ2n) is 6.15. The Morgan fingerprint density at radius 1 is 1.17 bits per heavy atom. The van der Waals surface area contributed by atoms with Gasteiger partial charge >= 0.3 is 0 Å². The molecule has 5 heteroatoms. The van der Waals surface area contributed by atoms with Crippen LogP contribution in [0.25, 0.3) is 11.5 Å². The summed E-state index contributed by atoms with van der Waals surface area (Å²) >= 11 is 0. The van der Waals surface area contributed by atoms with Crippen LogP contribution < -0.4 is 0 Å². The molecular weight excluding hydrogens is 292 g/mol. The van der Waals surface area contributed by atoms with Gasteiger partial charge < -0.3 is 14.1 Å². The Bertz CT molecular complexity index is 690. The van der Waals surface area contributed by atoms with Crippen LogP contribution >= 0.6 is 0 Å². The summed E-state index contributed by atoms with van der Waals surface area (Å²) in [6.45, 7) is 2.66. The third-order valence-electron chi connectivity index (χ3n) is 4.63. The normalized spacial score (nSPS) is 18.7. The third kappa shape index (κ3) is 2.88. The number of fused-ring (bicyclic) bond motifs is 1. The van der Waals surface area contributed by atoms with Gasteiger partial charge in [-0.05, 0) is 25.0 Å². The minimum atomic E-state index is 0.103. The number of rotatable bonds is 2. The van der Waals surface area contributed by atoms with Crippen LogP contribution in [-0.4, -0.2) is 35.5 Å². The zero-order valence-corrected chi connectivity index (χ0v) is 13.0. The van der Waals surface area contributed by atoms with Gasteiger partial charge in [-0.2, -0.15) is 0 Å². The fourth-order valence-corrected chi connectivity index (χ4v) is 3.29. The predicted octanol–water partition coefficient (Wildman–Crippen LogP) is 2.65. The van der Waals surface area contributed by atoms with Crippen molar-refractivity contribution in [2.24, 2.45) is 5.92 Å². The molecule has 0 atom stereocenters. The van der Waals surface area contributed by atoms with Crippen LogP contribution in [0.2, 0.25) is 0 Å². The maximum Gasteiger partial charge on any atom is 0.226 e. The van der Waals surface area contributed by atoms with Crippen molar-refractivity contribution in [1.29, 1.82) is 0 Å². The summed E-state index contributed by atoms with van der Waals surface area (Å²) in [5, 5.41) is 0. The highest BCUT2D eigenvalue weighted by molar-refractivity contribution is 5.79. The highest BCUT2D eigenvalue weighted by atomic mass is 16.5. The molecule has 1 aromatic carbocycles. The molecule has 0 saturated carbocycles. The number of carbonyl (C=O) groups is 1. The summed E-state index contributed by atoms with van der Waals surface area (Å²) in [6, 6.07) is 9.89. The minimum absolute atomic E-state index is 0.103. The average Bonchev–Trinajstić information content (AvgIpc) is 3.06. The van der Waals surface area contributed by atoms with Gasteiger partial charge in [0.2, 0.25) is 11.8 Å². The van der Waals surface area contributed by atoms with Gasteiger partial charge in [0.1, 0.15) is 11.5 Å². The van der Waals surface area contributed by atoms with Crippen LogP contribution in [0.4, 0.5) is 0 Å². The number of oxazole rings is 1. The maximum atomic E-state index is 12.7. The number of hydrogen-bond acceptors (Lipinski definition) is 4. The Morgan fingerprint density at radius 2 is 1.96 bits per heavy atom. The molecule has 2 aliphatic heterocycles. The molecule has 1 amide bonds. The molecule has 2 aliphatic rings. The first-order valence-electron chi connectivity index (χ1n) is 8.22. The molecule has 0 spiro atoms. The number of nitrogens with zero attached hydrogens (tertiary/aromatic N) is 2. The van der Waals surface area contributed by atoms with Crippen LogP contribution in [0, 0.1) is 5.92 Å². The molecule has 2 aromatic rings. The molecule has 4 rings (SSSR count). The second-order valence-corrected chi connectivity index (χ2v) is 6.15. The van der Waals surface area contributed by atoms with Crippen molar-refractivity contribution in [2.45, 2.75) is 25.8 Å². The van der Waals surface area contributed by atoms with Crippen molar-refractivity contribution in [3.05, 3.63) is 41.8 Å². The topological polar surface area (TPSA) is 55.6 Å². The Kier molecular flexibility index (Phi) is 3.87. The van der Waals surface area contributed by atoms with E-state index in [1.165, 1.54) is 0 Å². The zero-order valence-electron chi connectivity index (χ0n) is 13.0. The van der Waals surface area contributed by atoms with Crippen LogP contribution in [0.3, 0.4) is 0 Å². The zero-order chi connectivity index (χ0) is 15.6. The van der Waals surface area contributed by atoms with Crippen molar-refractivity contribution < 1.29 is 13.9 Å². The van der Waals surface area contributed by atoms with Gasteiger partial charge in [0.25, 0.3) is 0 Å². The predicted molar refractivity (Wildman–Crippen MR) is 84.6 cm³/mol. The van der Waals surface area contributed by atoms with E-state index in [1.54, 1.807) is 0 Å². The van der Waals surface area contributed by atoms with Crippen molar-refractivity contribution in [1.82, 2.24) is 9.88 Å². The minimum Gasteiger partial charge on any atom is -0.441 e. The molecule has 0 bridgehead atoms. The van der Waals surface area contributed by atoms with Gasteiger partial charge in [0, 0.05) is 37.7 Å². The molecule has 1 fully saturated rings. The summed E-state index contributed by atoms with van der Waals surface area (Å²) in [6.07, 6.45) is 2.40. The fourth-order valence-electron chi connectivity index (χ4n) is 3.29. The van der Waals surface area contributed by atoms with Crippen LogP contribution in [0.15, 0.2) is 34.7 Å².